The van der Waals surface area contributed by atoms with Crippen molar-refractivity contribution in [2.24, 2.45) is 23.5 Å². The van der Waals surface area contributed by atoms with E-state index in [2.05, 4.69) is 0 Å². The fourth-order valence-electron chi connectivity index (χ4n) is 2.23. The summed E-state index contributed by atoms with van der Waals surface area (Å²) in [7, 11) is 0. The second kappa shape index (κ2) is 4.51. The third-order valence-corrected chi connectivity index (χ3v) is 3.35. The molecular weight excluding hydrogens is 191 g/mol. The van der Waals surface area contributed by atoms with Crippen molar-refractivity contribution in [3.63, 3.8) is 0 Å². The molecular formula is C10H18F3N. The predicted molar refractivity (Wildman–Crippen MR) is 49.7 cm³/mol. The highest BCUT2D eigenvalue weighted by molar-refractivity contribution is 4.80. The number of alkyl halides is 3. The molecule has 0 radical (unpaired) electrons. The van der Waals surface area contributed by atoms with Gasteiger partial charge >= 0.3 is 6.18 Å². The van der Waals surface area contributed by atoms with Crippen molar-refractivity contribution in [1.82, 2.24) is 0 Å². The number of halogens is 3. The first-order valence-electron chi connectivity index (χ1n) is 5.22. The zero-order valence-corrected chi connectivity index (χ0v) is 8.48. The first kappa shape index (κ1) is 11.8. The molecule has 0 bridgehead atoms. The maximum atomic E-state index is 12.5. The van der Waals surface area contributed by atoms with Crippen LogP contribution in [-0.4, -0.2) is 12.7 Å². The van der Waals surface area contributed by atoms with Gasteiger partial charge in [-0.3, -0.25) is 0 Å². The smallest absolute Gasteiger partial charge is 0.330 e. The predicted octanol–water partition coefficient (Wildman–Crippen LogP) is 2.95. The van der Waals surface area contributed by atoms with Crippen LogP contribution in [0.15, 0.2) is 0 Å². The average molecular weight is 209 g/mol. The maximum absolute atomic E-state index is 12.5. The van der Waals surface area contributed by atoms with E-state index in [0.29, 0.717) is 19.4 Å². The van der Waals surface area contributed by atoms with Gasteiger partial charge in [-0.1, -0.05) is 19.8 Å². The molecule has 0 amide bonds. The van der Waals surface area contributed by atoms with Gasteiger partial charge < -0.3 is 5.73 Å². The fourth-order valence-corrected chi connectivity index (χ4v) is 2.23. The van der Waals surface area contributed by atoms with E-state index in [1.807, 2.05) is 6.92 Å². The van der Waals surface area contributed by atoms with Gasteiger partial charge in [0.2, 0.25) is 0 Å². The number of nitrogens with two attached hydrogens (primary N) is 1. The monoisotopic (exact) mass is 209 g/mol. The maximum Gasteiger partial charge on any atom is 0.391 e. The van der Waals surface area contributed by atoms with E-state index in [0.717, 1.165) is 6.42 Å². The minimum absolute atomic E-state index is 0.167. The molecule has 84 valence electrons. The molecule has 0 aromatic heterocycles. The van der Waals surface area contributed by atoms with Crippen LogP contribution in [0.2, 0.25) is 0 Å². The summed E-state index contributed by atoms with van der Waals surface area (Å²) in [6.45, 7) is 2.44. The quantitative estimate of drug-likeness (QED) is 0.743. The van der Waals surface area contributed by atoms with Crippen molar-refractivity contribution in [2.75, 3.05) is 6.54 Å². The van der Waals surface area contributed by atoms with Crippen LogP contribution in [0.1, 0.15) is 32.6 Å². The number of hydrogen-bond donors (Lipinski definition) is 1. The van der Waals surface area contributed by atoms with E-state index in [4.69, 9.17) is 5.73 Å². The van der Waals surface area contributed by atoms with Crippen LogP contribution in [0.5, 0.6) is 0 Å². The van der Waals surface area contributed by atoms with Crippen molar-refractivity contribution in [3.05, 3.63) is 0 Å². The molecule has 0 saturated heterocycles. The van der Waals surface area contributed by atoms with Gasteiger partial charge in [-0.2, -0.15) is 13.2 Å². The van der Waals surface area contributed by atoms with E-state index in [-0.39, 0.29) is 18.3 Å². The van der Waals surface area contributed by atoms with Crippen LogP contribution in [0, 0.1) is 17.8 Å². The largest absolute Gasteiger partial charge is 0.391 e. The minimum atomic E-state index is -4.01. The van der Waals surface area contributed by atoms with Gasteiger partial charge in [-0.05, 0) is 31.2 Å². The zero-order chi connectivity index (χ0) is 10.8. The summed E-state index contributed by atoms with van der Waals surface area (Å²) in [4.78, 5) is 0. The molecule has 4 heteroatoms. The Morgan fingerprint density at radius 2 is 2.00 bits per heavy atom. The van der Waals surface area contributed by atoms with Gasteiger partial charge in [-0.25, -0.2) is 0 Å². The highest BCUT2D eigenvalue weighted by Crippen LogP contribution is 2.41. The summed E-state index contributed by atoms with van der Waals surface area (Å²) >= 11 is 0. The van der Waals surface area contributed by atoms with E-state index >= 15 is 0 Å². The third kappa shape index (κ3) is 2.87. The Hall–Kier alpha value is -0.250. The molecule has 2 N–H and O–H groups in total. The molecule has 1 saturated carbocycles. The second-order valence-electron chi connectivity index (χ2n) is 4.38. The summed E-state index contributed by atoms with van der Waals surface area (Å²) in [6.07, 6.45) is -1.82. The molecule has 1 fully saturated rings. The Labute approximate surface area is 82.9 Å². The van der Waals surface area contributed by atoms with Gasteiger partial charge in [0, 0.05) is 0 Å². The molecule has 3 unspecified atom stereocenters. The van der Waals surface area contributed by atoms with Crippen LogP contribution >= 0.6 is 0 Å². The summed E-state index contributed by atoms with van der Waals surface area (Å²) in [5, 5.41) is 0. The zero-order valence-electron chi connectivity index (χ0n) is 8.48. The first-order valence-corrected chi connectivity index (χ1v) is 5.22. The highest BCUT2D eigenvalue weighted by Gasteiger charge is 2.42. The lowest BCUT2D eigenvalue weighted by Gasteiger charge is -2.33. The molecule has 0 spiro atoms. The number of hydrogen-bond acceptors (Lipinski definition) is 1. The molecule has 0 heterocycles. The molecule has 0 aliphatic heterocycles. The van der Waals surface area contributed by atoms with Crippen LogP contribution < -0.4 is 5.73 Å². The Balaban J connectivity index is 2.52. The van der Waals surface area contributed by atoms with Crippen LogP contribution in [0.4, 0.5) is 13.2 Å². The summed E-state index contributed by atoms with van der Waals surface area (Å²) in [6, 6.07) is 0. The average Bonchev–Trinajstić information content (AvgIpc) is 2.15. The van der Waals surface area contributed by atoms with Gasteiger partial charge in [0.25, 0.3) is 0 Å². The third-order valence-electron chi connectivity index (χ3n) is 3.35. The van der Waals surface area contributed by atoms with Crippen molar-refractivity contribution >= 4 is 0 Å². The van der Waals surface area contributed by atoms with Crippen LogP contribution in [0.25, 0.3) is 0 Å². The SMILES string of the molecule is CC(CN)C1CCCC(C(F)(F)F)C1. The summed E-state index contributed by atoms with van der Waals surface area (Å²) in [5.74, 6) is -0.698. The first-order chi connectivity index (χ1) is 6.45. The molecule has 1 rings (SSSR count). The van der Waals surface area contributed by atoms with Crippen molar-refractivity contribution < 1.29 is 13.2 Å². The molecule has 0 aromatic carbocycles. The van der Waals surface area contributed by atoms with Gasteiger partial charge in [-0.15, -0.1) is 0 Å². The standard InChI is InChI=1S/C10H18F3N/c1-7(6-14)8-3-2-4-9(5-8)10(11,12)13/h7-9H,2-6,14H2,1H3. The lowest BCUT2D eigenvalue weighted by atomic mass is 9.75. The molecule has 1 aliphatic carbocycles. The lowest BCUT2D eigenvalue weighted by molar-refractivity contribution is -0.187. The lowest BCUT2D eigenvalue weighted by Crippen LogP contribution is -2.32. The Kier molecular flexibility index (Phi) is 3.81. The van der Waals surface area contributed by atoms with Crippen LogP contribution in [0.3, 0.4) is 0 Å². The summed E-state index contributed by atoms with van der Waals surface area (Å²) in [5.41, 5.74) is 5.48. The Morgan fingerprint density at radius 1 is 1.36 bits per heavy atom. The van der Waals surface area contributed by atoms with Gasteiger partial charge in [0.05, 0.1) is 5.92 Å². The van der Waals surface area contributed by atoms with Gasteiger partial charge in [0.15, 0.2) is 0 Å². The Morgan fingerprint density at radius 3 is 2.50 bits per heavy atom. The van der Waals surface area contributed by atoms with E-state index in [1.165, 1.54) is 0 Å². The van der Waals surface area contributed by atoms with E-state index < -0.39 is 12.1 Å². The van der Waals surface area contributed by atoms with Gasteiger partial charge in [0.1, 0.15) is 0 Å². The second-order valence-corrected chi connectivity index (χ2v) is 4.38. The normalized spacial score (nSPS) is 31.5. The van der Waals surface area contributed by atoms with Crippen molar-refractivity contribution in [1.29, 1.82) is 0 Å². The minimum Gasteiger partial charge on any atom is -0.330 e. The van der Waals surface area contributed by atoms with Crippen molar-refractivity contribution in [3.8, 4) is 0 Å². The fraction of sp³-hybridized carbons (Fsp3) is 1.00. The van der Waals surface area contributed by atoms with E-state index in [9.17, 15) is 13.2 Å². The molecule has 0 aromatic rings. The highest BCUT2D eigenvalue weighted by atomic mass is 19.4. The van der Waals surface area contributed by atoms with E-state index in [1.54, 1.807) is 0 Å². The Bertz CT molecular complexity index is 179. The van der Waals surface area contributed by atoms with Crippen molar-refractivity contribution in [2.45, 2.75) is 38.8 Å². The summed E-state index contributed by atoms with van der Waals surface area (Å²) < 4.78 is 37.4. The molecule has 1 nitrogen and oxygen atoms in total. The van der Waals surface area contributed by atoms with Crippen LogP contribution in [-0.2, 0) is 0 Å². The molecule has 3 atom stereocenters. The molecule has 14 heavy (non-hydrogen) atoms. The molecule has 1 aliphatic rings. The topological polar surface area (TPSA) is 26.0 Å². The number of rotatable bonds is 2.